The molecular formula is C23H41NO4S. The standard InChI is InChI=1S/C23H41NO4S/c1-2-3-4-5-6-7-8-9-10-11-12-13-16-20(17-14-15-18-22(25)26)29-19-21(24)23(27)28/h20-21H,2-12,14-15,17-19,24H2,1H3,(H,25,26)(H,27,28). The SMILES string of the molecule is CCCCCCCCCCCCC#CC(CCCCC(=O)O)SCC(N)C(=O)O. The summed E-state index contributed by atoms with van der Waals surface area (Å²) in [6.45, 7) is 2.24. The summed E-state index contributed by atoms with van der Waals surface area (Å²) in [4.78, 5) is 21.5. The normalized spacial score (nSPS) is 12.8. The van der Waals surface area contributed by atoms with Gasteiger partial charge in [0, 0.05) is 18.6 Å². The number of unbranched alkanes of at least 4 members (excludes halogenated alkanes) is 11. The zero-order valence-corrected chi connectivity index (χ0v) is 19.0. The number of hydrogen-bond acceptors (Lipinski definition) is 4. The third-order valence-corrected chi connectivity index (χ3v) is 6.13. The first-order valence-electron chi connectivity index (χ1n) is 11.3. The predicted molar refractivity (Wildman–Crippen MR) is 122 cm³/mol. The Balaban J connectivity index is 3.99. The number of carboxylic acid groups (broad SMARTS) is 2. The van der Waals surface area contributed by atoms with Crippen molar-refractivity contribution in [2.45, 2.75) is 115 Å². The van der Waals surface area contributed by atoms with E-state index in [9.17, 15) is 9.59 Å². The van der Waals surface area contributed by atoms with E-state index in [1.165, 1.54) is 69.5 Å². The van der Waals surface area contributed by atoms with Gasteiger partial charge < -0.3 is 15.9 Å². The Morgan fingerprint density at radius 2 is 1.48 bits per heavy atom. The molecule has 0 saturated carbocycles. The summed E-state index contributed by atoms with van der Waals surface area (Å²) in [7, 11) is 0. The van der Waals surface area contributed by atoms with Crippen LogP contribution >= 0.6 is 11.8 Å². The molecule has 168 valence electrons. The van der Waals surface area contributed by atoms with Crippen molar-refractivity contribution >= 4 is 23.7 Å². The highest BCUT2D eigenvalue weighted by Gasteiger charge is 2.14. The van der Waals surface area contributed by atoms with Crippen LogP contribution in [0.25, 0.3) is 0 Å². The molecule has 0 heterocycles. The van der Waals surface area contributed by atoms with E-state index >= 15 is 0 Å². The second kappa shape index (κ2) is 20.1. The topological polar surface area (TPSA) is 101 Å². The molecule has 5 nitrogen and oxygen atoms in total. The molecule has 6 heteroatoms. The van der Waals surface area contributed by atoms with Gasteiger partial charge in [0.25, 0.3) is 0 Å². The van der Waals surface area contributed by atoms with Crippen molar-refractivity contribution in [3.63, 3.8) is 0 Å². The summed E-state index contributed by atoms with van der Waals surface area (Å²) in [5.41, 5.74) is 5.58. The average molecular weight is 428 g/mol. The predicted octanol–water partition coefficient (Wildman–Crippen LogP) is 5.46. The lowest BCUT2D eigenvalue weighted by Crippen LogP contribution is -2.33. The largest absolute Gasteiger partial charge is 0.481 e. The Morgan fingerprint density at radius 1 is 0.897 bits per heavy atom. The molecule has 0 aliphatic rings. The van der Waals surface area contributed by atoms with E-state index in [1.807, 2.05) is 0 Å². The van der Waals surface area contributed by atoms with Crippen LogP contribution in [0.4, 0.5) is 0 Å². The summed E-state index contributed by atoms with van der Waals surface area (Å²) in [6.07, 6.45) is 16.2. The zero-order chi connectivity index (χ0) is 21.7. The molecule has 4 N–H and O–H groups in total. The quantitative estimate of drug-likeness (QED) is 0.187. The fourth-order valence-corrected chi connectivity index (χ4v) is 4.06. The van der Waals surface area contributed by atoms with Crippen molar-refractivity contribution in [2.24, 2.45) is 5.73 Å². The second-order valence-corrected chi connectivity index (χ2v) is 8.90. The van der Waals surface area contributed by atoms with Crippen molar-refractivity contribution in [1.82, 2.24) is 0 Å². The van der Waals surface area contributed by atoms with Crippen LogP contribution in [0.1, 0.15) is 103 Å². The van der Waals surface area contributed by atoms with Crippen molar-refractivity contribution in [1.29, 1.82) is 0 Å². The van der Waals surface area contributed by atoms with Crippen molar-refractivity contribution in [3.05, 3.63) is 0 Å². The Hall–Kier alpha value is -1.19. The number of hydrogen-bond donors (Lipinski definition) is 3. The Bertz CT molecular complexity index is 487. The maximum Gasteiger partial charge on any atom is 0.321 e. The van der Waals surface area contributed by atoms with Crippen LogP contribution in [0.2, 0.25) is 0 Å². The number of thioether (sulfide) groups is 1. The monoisotopic (exact) mass is 427 g/mol. The summed E-state index contributed by atoms with van der Waals surface area (Å²) < 4.78 is 0. The van der Waals surface area contributed by atoms with Crippen molar-refractivity contribution in [2.75, 3.05) is 5.75 Å². The molecule has 2 unspecified atom stereocenters. The summed E-state index contributed by atoms with van der Waals surface area (Å²) >= 11 is 1.47. The first kappa shape index (κ1) is 27.8. The molecule has 0 aromatic carbocycles. The lowest BCUT2D eigenvalue weighted by molar-refractivity contribution is -0.138. The first-order chi connectivity index (χ1) is 14.0. The van der Waals surface area contributed by atoms with Gasteiger partial charge in [0.15, 0.2) is 0 Å². The van der Waals surface area contributed by atoms with Crippen LogP contribution in [0.5, 0.6) is 0 Å². The molecule has 0 aromatic heterocycles. The Kier molecular flexibility index (Phi) is 19.3. The van der Waals surface area contributed by atoms with Gasteiger partial charge in [0.2, 0.25) is 0 Å². The molecule has 0 rings (SSSR count). The van der Waals surface area contributed by atoms with Gasteiger partial charge >= 0.3 is 11.9 Å². The fraction of sp³-hybridized carbons (Fsp3) is 0.826. The van der Waals surface area contributed by atoms with E-state index in [0.717, 1.165) is 25.7 Å². The summed E-state index contributed by atoms with van der Waals surface area (Å²) in [6, 6.07) is -0.884. The van der Waals surface area contributed by atoms with Crippen LogP contribution in [0.3, 0.4) is 0 Å². The van der Waals surface area contributed by atoms with E-state index < -0.39 is 18.0 Å². The molecule has 0 aliphatic heterocycles. The maximum atomic E-state index is 10.9. The van der Waals surface area contributed by atoms with Crippen molar-refractivity contribution in [3.8, 4) is 11.8 Å². The van der Waals surface area contributed by atoms with Crippen LogP contribution in [-0.4, -0.2) is 39.2 Å². The highest BCUT2D eigenvalue weighted by atomic mass is 32.2. The molecular weight excluding hydrogens is 386 g/mol. The van der Waals surface area contributed by atoms with Gasteiger partial charge in [0.05, 0.1) is 5.25 Å². The molecule has 29 heavy (non-hydrogen) atoms. The van der Waals surface area contributed by atoms with E-state index in [1.54, 1.807) is 0 Å². The molecule has 0 aromatic rings. The minimum Gasteiger partial charge on any atom is -0.481 e. The van der Waals surface area contributed by atoms with Crippen LogP contribution in [-0.2, 0) is 9.59 Å². The number of rotatable bonds is 19. The van der Waals surface area contributed by atoms with E-state index in [2.05, 4.69) is 18.8 Å². The highest BCUT2D eigenvalue weighted by molar-refractivity contribution is 8.00. The van der Waals surface area contributed by atoms with E-state index in [4.69, 9.17) is 15.9 Å². The van der Waals surface area contributed by atoms with Gasteiger partial charge in [0.1, 0.15) is 6.04 Å². The maximum absolute atomic E-state index is 10.9. The lowest BCUT2D eigenvalue weighted by atomic mass is 10.1. The minimum atomic E-state index is -1.000. The van der Waals surface area contributed by atoms with Crippen LogP contribution in [0.15, 0.2) is 0 Å². The number of aliphatic carboxylic acids is 2. The van der Waals surface area contributed by atoms with Gasteiger partial charge in [-0.05, 0) is 19.3 Å². The number of carbonyl (C=O) groups is 2. The first-order valence-corrected chi connectivity index (χ1v) is 12.3. The van der Waals surface area contributed by atoms with Crippen LogP contribution in [0, 0.1) is 11.8 Å². The third kappa shape index (κ3) is 19.9. The summed E-state index contributed by atoms with van der Waals surface area (Å²) in [5, 5.41) is 17.7. The zero-order valence-electron chi connectivity index (χ0n) is 18.2. The Labute approximate surface area is 181 Å². The summed E-state index contributed by atoms with van der Waals surface area (Å²) in [5.74, 6) is 5.03. The smallest absolute Gasteiger partial charge is 0.321 e. The fourth-order valence-electron chi connectivity index (χ4n) is 2.98. The lowest BCUT2D eigenvalue weighted by Gasteiger charge is -2.12. The van der Waals surface area contributed by atoms with Crippen molar-refractivity contribution < 1.29 is 19.8 Å². The molecule has 2 atom stereocenters. The van der Waals surface area contributed by atoms with E-state index in [0.29, 0.717) is 12.2 Å². The molecule has 0 fully saturated rings. The molecule has 0 radical (unpaired) electrons. The molecule has 0 spiro atoms. The Morgan fingerprint density at radius 3 is 2.03 bits per heavy atom. The van der Waals surface area contributed by atoms with Gasteiger partial charge in [-0.3, -0.25) is 9.59 Å². The molecule has 0 bridgehead atoms. The average Bonchev–Trinajstić information content (AvgIpc) is 2.68. The second-order valence-electron chi connectivity index (χ2n) is 7.66. The van der Waals surface area contributed by atoms with Gasteiger partial charge in [-0.2, -0.15) is 0 Å². The van der Waals surface area contributed by atoms with Gasteiger partial charge in [-0.15, -0.1) is 17.7 Å². The third-order valence-electron chi connectivity index (χ3n) is 4.82. The molecule has 0 aliphatic carbocycles. The molecule has 0 amide bonds. The molecule has 0 saturated heterocycles. The number of carboxylic acids is 2. The van der Waals surface area contributed by atoms with Gasteiger partial charge in [-0.25, -0.2) is 0 Å². The van der Waals surface area contributed by atoms with Crippen LogP contribution < -0.4 is 5.73 Å². The van der Waals surface area contributed by atoms with E-state index in [-0.39, 0.29) is 11.7 Å². The van der Waals surface area contributed by atoms with Gasteiger partial charge in [-0.1, -0.05) is 77.1 Å². The highest BCUT2D eigenvalue weighted by Crippen LogP contribution is 2.18. The number of nitrogens with two attached hydrogens (primary N) is 1. The minimum absolute atomic E-state index is 0.0253.